The number of ether oxygens (including phenoxy) is 1. The Labute approximate surface area is 176 Å². The van der Waals surface area contributed by atoms with Gasteiger partial charge in [0.15, 0.2) is 16.8 Å². The van der Waals surface area contributed by atoms with Crippen molar-refractivity contribution in [2.24, 2.45) is 7.05 Å². The molecule has 2 aromatic heterocycles. The van der Waals surface area contributed by atoms with Gasteiger partial charge in [-0.3, -0.25) is 9.78 Å². The van der Waals surface area contributed by atoms with Crippen LogP contribution >= 0.6 is 23.4 Å². The number of thioether (sulfide) groups is 1. The minimum absolute atomic E-state index is 0.00861. The Balaban J connectivity index is 1.40. The van der Waals surface area contributed by atoms with Crippen LogP contribution in [0.5, 0.6) is 5.75 Å². The molecule has 2 heterocycles. The molecular weight excluding hydrogens is 408 g/mol. The molecule has 4 rings (SSSR count). The highest BCUT2D eigenvalue weighted by atomic mass is 35.5. The van der Waals surface area contributed by atoms with Crippen molar-refractivity contribution in [2.45, 2.75) is 11.8 Å². The maximum atomic E-state index is 12.3. The van der Waals surface area contributed by atoms with Crippen LogP contribution in [0.25, 0.3) is 10.9 Å². The number of carbonyl (C=O) groups excluding carboxylic acids is 1. The standard InChI is InChI=1S/C21H17ClN4O2S/c1-26-19(12-28-18-6-2-4-15-5-3-11-23-20(15)18)24-25-21(26)29-13-17(27)14-7-9-16(22)10-8-14/h2-11H,12-13H2,1H3. The lowest BCUT2D eigenvalue weighted by Gasteiger charge is -2.08. The molecule has 0 radical (unpaired) electrons. The molecule has 6 nitrogen and oxygen atoms in total. The predicted molar refractivity (Wildman–Crippen MR) is 114 cm³/mol. The maximum Gasteiger partial charge on any atom is 0.191 e. The van der Waals surface area contributed by atoms with E-state index in [9.17, 15) is 4.79 Å². The second-order valence-electron chi connectivity index (χ2n) is 6.30. The summed E-state index contributed by atoms with van der Waals surface area (Å²) in [5, 5.41) is 10.6. The minimum Gasteiger partial charge on any atom is -0.483 e. The third-order valence-electron chi connectivity index (χ3n) is 4.38. The molecule has 29 heavy (non-hydrogen) atoms. The molecule has 146 valence electrons. The van der Waals surface area contributed by atoms with Crippen LogP contribution in [0.1, 0.15) is 16.2 Å². The van der Waals surface area contributed by atoms with E-state index in [0.29, 0.717) is 27.3 Å². The number of hydrogen-bond acceptors (Lipinski definition) is 6. The van der Waals surface area contributed by atoms with Crippen LogP contribution < -0.4 is 4.74 Å². The minimum atomic E-state index is 0.00861. The summed E-state index contributed by atoms with van der Waals surface area (Å²) in [7, 11) is 1.86. The van der Waals surface area contributed by atoms with Gasteiger partial charge in [-0.25, -0.2) is 0 Å². The largest absolute Gasteiger partial charge is 0.483 e. The average molecular weight is 425 g/mol. The van der Waals surface area contributed by atoms with Crippen LogP contribution in [0, 0.1) is 0 Å². The summed E-state index contributed by atoms with van der Waals surface area (Å²) in [6.45, 7) is 0.255. The van der Waals surface area contributed by atoms with Crippen LogP contribution in [-0.4, -0.2) is 31.3 Å². The Bertz CT molecular complexity index is 1160. The topological polar surface area (TPSA) is 69.9 Å². The molecular formula is C21H17ClN4O2S. The highest BCUT2D eigenvalue weighted by Gasteiger charge is 2.14. The van der Waals surface area contributed by atoms with E-state index in [4.69, 9.17) is 16.3 Å². The first-order valence-electron chi connectivity index (χ1n) is 8.88. The van der Waals surface area contributed by atoms with Gasteiger partial charge in [0.05, 0.1) is 5.75 Å². The van der Waals surface area contributed by atoms with Gasteiger partial charge in [-0.1, -0.05) is 41.6 Å². The van der Waals surface area contributed by atoms with E-state index in [1.807, 2.05) is 41.9 Å². The number of halogens is 1. The molecule has 0 aliphatic rings. The van der Waals surface area contributed by atoms with Gasteiger partial charge in [-0.05, 0) is 36.4 Å². The molecule has 8 heteroatoms. The van der Waals surface area contributed by atoms with Crippen LogP contribution in [0.3, 0.4) is 0 Å². The molecule has 4 aromatic rings. The number of ketones is 1. The molecule has 0 unspecified atom stereocenters. The zero-order chi connectivity index (χ0) is 20.2. The molecule has 0 aliphatic carbocycles. The van der Waals surface area contributed by atoms with Crippen molar-refractivity contribution in [2.75, 3.05) is 5.75 Å². The van der Waals surface area contributed by atoms with Crippen molar-refractivity contribution in [3.8, 4) is 5.75 Å². The summed E-state index contributed by atoms with van der Waals surface area (Å²) in [4.78, 5) is 16.7. The molecule has 0 saturated carbocycles. The van der Waals surface area contributed by atoms with Gasteiger partial charge >= 0.3 is 0 Å². The summed E-state index contributed by atoms with van der Waals surface area (Å²) in [6, 6.07) is 16.5. The summed E-state index contributed by atoms with van der Waals surface area (Å²) in [5.74, 6) is 1.63. The summed E-state index contributed by atoms with van der Waals surface area (Å²) in [6.07, 6.45) is 1.74. The van der Waals surface area contributed by atoms with Gasteiger partial charge in [0.1, 0.15) is 17.9 Å². The average Bonchev–Trinajstić information content (AvgIpc) is 3.10. The maximum absolute atomic E-state index is 12.3. The Kier molecular flexibility index (Phi) is 5.78. The molecule has 0 bridgehead atoms. The fourth-order valence-electron chi connectivity index (χ4n) is 2.78. The van der Waals surface area contributed by atoms with Crippen LogP contribution in [-0.2, 0) is 13.7 Å². The predicted octanol–water partition coefficient (Wildman–Crippen LogP) is 4.57. The quantitative estimate of drug-likeness (QED) is 0.319. The van der Waals surface area contributed by atoms with E-state index in [2.05, 4.69) is 15.2 Å². The number of carbonyl (C=O) groups is 1. The number of aromatic nitrogens is 4. The monoisotopic (exact) mass is 424 g/mol. The Morgan fingerprint density at radius 2 is 1.90 bits per heavy atom. The Morgan fingerprint density at radius 3 is 2.72 bits per heavy atom. The van der Waals surface area contributed by atoms with Gasteiger partial charge < -0.3 is 9.30 Å². The van der Waals surface area contributed by atoms with Crippen molar-refractivity contribution in [1.82, 2.24) is 19.7 Å². The number of para-hydroxylation sites is 1. The summed E-state index contributed by atoms with van der Waals surface area (Å²) < 4.78 is 7.76. The third-order valence-corrected chi connectivity index (χ3v) is 5.65. The lowest BCUT2D eigenvalue weighted by Crippen LogP contribution is -2.06. The molecule has 0 fully saturated rings. The van der Waals surface area contributed by atoms with Gasteiger partial charge in [-0.15, -0.1) is 10.2 Å². The lowest BCUT2D eigenvalue weighted by molar-refractivity contribution is 0.102. The third kappa shape index (κ3) is 4.41. The van der Waals surface area contributed by atoms with Crippen molar-refractivity contribution >= 4 is 40.0 Å². The Hall–Kier alpha value is -2.90. The first-order valence-corrected chi connectivity index (χ1v) is 10.2. The zero-order valence-corrected chi connectivity index (χ0v) is 17.2. The molecule has 0 atom stereocenters. The molecule has 0 aliphatic heterocycles. The van der Waals surface area contributed by atoms with Crippen molar-refractivity contribution < 1.29 is 9.53 Å². The molecule has 0 saturated heterocycles. The lowest BCUT2D eigenvalue weighted by atomic mass is 10.1. The number of rotatable bonds is 7. The highest BCUT2D eigenvalue weighted by molar-refractivity contribution is 7.99. The van der Waals surface area contributed by atoms with E-state index >= 15 is 0 Å². The van der Waals surface area contributed by atoms with Gasteiger partial charge in [0.2, 0.25) is 0 Å². The Morgan fingerprint density at radius 1 is 1.10 bits per heavy atom. The van der Waals surface area contributed by atoms with E-state index in [1.54, 1.807) is 30.5 Å². The second kappa shape index (κ2) is 8.63. The number of fused-ring (bicyclic) bond motifs is 1. The van der Waals surface area contributed by atoms with Crippen LogP contribution in [0.2, 0.25) is 5.02 Å². The second-order valence-corrected chi connectivity index (χ2v) is 7.68. The molecule has 0 spiro atoms. The van der Waals surface area contributed by atoms with Gasteiger partial charge in [-0.2, -0.15) is 0 Å². The molecule has 0 N–H and O–H groups in total. The fourth-order valence-corrected chi connectivity index (χ4v) is 3.73. The molecule has 2 aromatic carbocycles. The zero-order valence-electron chi connectivity index (χ0n) is 15.6. The van der Waals surface area contributed by atoms with Crippen LogP contribution in [0.15, 0.2) is 66.0 Å². The summed E-state index contributed by atoms with van der Waals surface area (Å²) in [5.41, 5.74) is 1.43. The van der Waals surface area contributed by atoms with Crippen LogP contribution in [0.4, 0.5) is 0 Å². The first kappa shape index (κ1) is 19.4. The number of nitrogens with zero attached hydrogens (tertiary/aromatic N) is 4. The summed E-state index contributed by atoms with van der Waals surface area (Å²) >= 11 is 7.20. The smallest absolute Gasteiger partial charge is 0.191 e. The van der Waals surface area contributed by atoms with Gasteiger partial charge in [0.25, 0.3) is 0 Å². The first-order chi connectivity index (χ1) is 14.1. The van der Waals surface area contributed by atoms with Crippen molar-refractivity contribution in [3.05, 3.63) is 77.2 Å². The van der Waals surface area contributed by atoms with Gasteiger partial charge in [0, 0.05) is 29.2 Å². The number of benzene rings is 2. The normalized spacial score (nSPS) is 11.0. The van der Waals surface area contributed by atoms with E-state index in [0.717, 1.165) is 10.9 Å². The van der Waals surface area contributed by atoms with Crippen molar-refractivity contribution in [1.29, 1.82) is 0 Å². The number of hydrogen-bond donors (Lipinski definition) is 0. The SMILES string of the molecule is Cn1c(COc2cccc3cccnc23)nnc1SCC(=O)c1ccc(Cl)cc1. The van der Waals surface area contributed by atoms with E-state index < -0.39 is 0 Å². The number of Topliss-reactive ketones (excluding diaryl/α,β-unsaturated/α-hetero) is 1. The molecule has 0 amide bonds. The number of pyridine rings is 1. The fraction of sp³-hybridized carbons (Fsp3) is 0.143. The highest BCUT2D eigenvalue weighted by Crippen LogP contribution is 2.24. The van der Waals surface area contributed by atoms with E-state index in [1.165, 1.54) is 11.8 Å². The van der Waals surface area contributed by atoms with E-state index in [-0.39, 0.29) is 18.1 Å². The van der Waals surface area contributed by atoms with Crippen molar-refractivity contribution in [3.63, 3.8) is 0 Å².